The molecule has 2 heterocycles. The van der Waals surface area contributed by atoms with Crippen molar-refractivity contribution in [2.45, 2.75) is 52.0 Å². The third-order valence-corrected chi connectivity index (χ3v) is 4.88. The fraction of sp³-hybridized carbons (Fsp3) is 0.588. The number of nitrogens with one attached hydrogen (secondary N) is 2. The van der Waals surface area contributed by atoms with Crippen molar-refractivity contribution >= 4 is 17.7 Å². The van der Waals surface area contributed by atoms with Crippen LogP contribution in [0.1, 0.15) is 54.0 Å². The summed E-state index contributed by atoms with van der Waals surface area (Å²) >= 11 is 0. The standard InChI is InChI=1S/C17H23N3O4/c1-10-7-14(11(2)24-10)17(23)19-18-16(22)12-8-15(21)20(9-12)13-5-3-4-6-13/h7,12-13H,3-6,8-9H2,1-2H3,(H,18,22)(H,19,23). The molecular formula is C17H23N3O4. The van der Waals surface area contributed by atoms with Crippen LogP contribution in [-0.4, -0.2) is 35.2 Å². The second-order valence-corrected chi connectivity index (χ2v) is 6.66. The molecule has 1 atom stereocenters. The first-order chi connectivity index (χ1) is 11.5. The maximum absolute atomic E-state index is 12.2. The van der Waals surface area contributed by atoms with Gasteiger partial charge in [-0.2, -0.15) is 0 Å². The molecule has 0 spiro atoms. The minimum Gasteiger partial charge on any atom is -0.466 e. The highest BCUT2D eigenvalue weighted by atomic mass is 16.3. The number of hydrazine groups is 1. The second kappa shape index (κ2) is 6.67. The van der Waals surface area contributed by atoms with Gasteiger partial charge in [0.05, 0.1) is 11.5 Å². The molecule has 1 saturated carbocycles. The summed E-state index contributed by atoms with van der Waals surface area (Å²) in [6.45, 7) is 3.89. The van der Waals surface area contributed by atoms with Crippen LogP contribution >= 0.6 is 0 Å². The molecule has 2 fully saturated rings. The van der Waals surface area contributed by atoms with E-state index in [9.17, 15) is 14.4 Å². The van der Waals surface area contributed by atoms with Crippen LogP contribution in [0.5, 0.6) is 0 Å². The Hall–Kier alpha value is -2.31. The maximum Gasteiger partial charge on any atom is 0.273 e. The van der Waals surface area contributed by atoms with Gasteiger partial charge >= 0.3 is 0 Å². The molecular weight excluding hydrogens is 310 g/mol. The highest BCUT2D eigenvalue weighted by molar-refractivity contribution is 5.97. The molecule has 7 nitrogen and oxygen atoms in total. The molecule has 0 bridgehead atoms. The first-order valence-corrected chi connectivity index (χ1v) is 8.42. The molecule has 2 N–H and O–H groups in total. The Morgan fingerprint density at radius 2 is 1.92 bits per heavy atom. The van der Waals surface area contributed by atoms with Gasteiger partial charge in [0, 0.05) is 19.0 Å². The Morgan fingerprint density at radius 3 is 2.54 bits per heavy atom. The van der Waals surface area contributed by atoms with Crippen molar-refractivity contribution in [2.24, 2.45) is 5.92 Å². The lowest BCUT2D eigenvalue weighted by Crippen LogP contribution is -2.45. The van der Waals surface area contributed by atoms with Gasteiger partial charge < -0.3 is 9.32 Å². The minimum atomic E-state index is -0.422. The smallest absolute Gasteiger partial charge is 0.273 e. The largest absolute Gasteiger partial charge is 0.466 e. The Morgan fingerprint density at radius 1 is 1.21 bits per heavy atom. The van der Waals surface area contributed by atoms with Gasteiger partial charge in [-0.3, -0.25) is 25.2 Å². The molecule has 1 saturated heterocycles. The topological polar surface area (TPSA) is 91.7 Å². The molecule has 1 aromatic heterocycles. The van der Waals surface area contributed by atoms with E-state index in [4.69, 9.17) is 4.42 Å². The van der Waals surface area contributed by atoms with Crippen LogP contribution in [0, 0.1) is 19.8 Å². The Labute approximate surface area is 140 Å². The predicted molar refractivity (Wildman–Crippen MR) is 85.9 cm³/mol. The van der Waals surface area contributed by atoms with Gasteiger partial charge in [-0.25, -0.2) is 0 Å². The van der Waals surface area contributed by atoms with Gasteiger partial charge in [0.2, 0.25) is 11.8 Å². The molecule has 24 heavy (non-hydrogen) atoms. The molecule has 3 rings (SSSR count). The van der Waals surface area contributed by atoms with E-state index in [1.54, 1.807) is 19.9 Å². The zero-order valence-electron chi connectivity index (χ0n) is 14.1. The predicted octanol–water partition coefficient (Wildman–Crippen LogP) is 1.45. The van der Waals surface area contributed by atoms with E-state index in [1.807, 2.05) is 4.90 Å². The fourth-order valence-electron chi connectivity index (χ4n) is 3.62. The van der Waals surface area contributed by atoms with Crippen LogP contribution in [0.25, 0.3) is 0 Å². The average Bonchev–Trinajstić information content (AvgIpc) is 3.24. The normalized spacial score (nSPS) is 21.3. The summed E-state index contributed by atoms with van der Waals surface area (Å²) < 4.78 is 5.30. The summed E-state index contributed by atoms with van der Waals surface area (Å²) in [4.78, 5) is 38.3. The molecule has 1 aromatic rings. The number of amides is 3. The van der Waals surface area contributed by atoms with Crippen LogP contribution in [0.4, 0.5) is 0 Å². The van der Waals surface area contributed by atoms with Crippen LogP contribution in [0.2, 0.25) is 0 Å². The van der Waals surface area contributed by atoms with Crippen LogP contribution in [0.3, 0.4) is 0 Å². The Kier molecular flexibility index (Phi) is 4.59. The van der Waals surface area contributed by atoms with Crippen molar-refractivity contribution < 1.29 is 18.8 Å². The molecule has 0 radical (unpaired) electrons. The van der Waals surface area contributed by atoms with Crippen molar-refractivity contribution in [2.75, 3.05) is 6.54 Å². The molecule has 2 aliphatic rings. The van der Waals surface area contributed by atoms with E-state index in [0.29, 0.717) is 23.6 Å². The second-order valence-electron chi connectivity index (χ2n) is 6.66. The summed E-state index contributed by atoms with van der Waals surface area (Å²) in [5, 5.41) is 0. The first kappa shape index (κ1) is 16.5. The van der Waals surface area contributed by atoms with E-state index < -0.39 is 11.8 Å². The first-order valence-electron chi connectivity index (χ1n) is 8.42. The van der Waals surface area contributed by atoms with Crippen molar-refractivity contribution in [1.82, 2.24) is 15.8 Å². The molecule has 1 aliphatic heterocycles. The van der Waals surface area contributed by atoms with Gasteiger partial charge in [0.1, 0.15) is 11.5 Å². The highest BCUT2D eigenvalue weighted by Gasteiger charge is 2.38. The number of carbonyl (C=O) groups is 3. The maximum atomic E-state index is 12.2. The monoisotopic (exact) mass is 333 g/mol. The zero-order chi connectivity index (χ0) is 17.3. The van der Waals surface area contributed by atoms with Crippen molar-refractivity contribution in [1.29, 1.82) is 0 Å². The third kappa shape index (κ3) is 3.29. The lowest BCUT2D eigenvalue weighted by atomic mass is 10.1. The van der Waals surface area contributed by atoms with Crippen LogP contribution in [-0.2, 0) is 9.59 Å². The SMILES string of the molecule is Cc1cc(C(=O)NNC(=O)C2CC(=O)N(C3CCCC3)C2)c(C)o1. The van der Waals surface area contributed by atoms with E-state index in [-0.39, 0.29) is 24.3 Å². The van der Waals surface area contributed by atoms with E-state index in [1.165, 1.54) is 0 Å². The lowest BCUT2D eigenvalue weighted by molar-refractivity contribution is -0.130. The number of furan rings is 1. The minimum absolute atomic E-state index is 0.0367. The van der Waals surface area contributed by atoms with Crippen LogP contribution in [0.15, 0.2) is 10.5 Å². The summed E-state index contributed by atoms with van der Waals surface area (Å²) in [5.41, 5.74) is 5.22. The number of likely N-dealkylation sites (tertiary alicyclic amines) is 1. The molecule has 130 valence electrons. The highest BCUT2D eigenvalue weighted by Crippen LogP contribution is 2.29. The lowest BCUT2D eigenvalue weighted by Gasteiger charge is -2.23. The van der Waals surface area contributed by atoms with E-state index >= 15 is 0 Å². The van der Waals surface area contributed by atoms with E-state index in [0.717, 1.165) is 25.7 Å². The number of carbonyl (C=O) groups excluding carboxylic acids is 3. The van der Waals surface area contributed by atoms with Crippen molar-refractivity contribution in [3.05, 3.63) is 23.2 Å². The molecule has 1 unspecified atom stereocenters. The van der Waals surface area contributed by atoms with Gasteiger partial charge in [-0.05, 0) is 32.8 Å². The zero-order valence-corrected chi connectivity index (χ0v) is 14.1. The number of nitrogens with zero attached hydrogens (tertiary/aromatic N) is 1. The number of hydrogen-bond acceptors (Lipinski definition) is 4. The molecule has 3 amide bonds. The van der Waals surface area contributed by atoms with Crippen molar-refractivity contribution in [3.63, 3.8) is 0 Å². The molecule has 0 aromatic carbocycles. The van der Waals surface area contributed by atoms with Crippen molar-refractivity contribution in [3.8, 4) is 0 Å². The summed E-state index contributed by atoms with van der Waals surface area (Å²) in [5.74, 6) is 0.0188. The summed E-state index contributed by atoms with van der Waals surface area (Å²) in [6.07, 6.45) is 4.55. The average molecular weight is 333 g/mol. The summed E-state index contributed by atoms with van der Waals surface area (Å²) in [7, 11) is 0. The number of aryl methyl sites for hydroxylation is 2. The van der Waals surface area contributed by atoms with Gasteiger partial charge in [-0.1, -0.05) is 12.8 Å². The van der Waals surface area contributed by atoms with Gasteiger partial charge in [0.25, 0.3) is 5.91 Å². The molecule has 1 aliphatic carbocycles. The van der Waals surface area contributed by atoms with Gasteiger partial charge in [0.15, 0.2) is 0 Å². The Balaban J connectivity index is 1.53. The quantitative estimate of drug-likeness (QED) is 0.819. The van der Waals surface area contributed by atoms with Crippen LogP contribution < -0.4 is 10.9 Å². The van der Waals surface area contributed by atoms with Gasteiger partial charge in [-0.15, -0.1) is 0 Å². The molecule has 7 heteroatoms. The fourth-order valence-corrected chi connectivity index (χ4v) is 3.62. The third-order valence-electron chi connectivity index (χ3n) is 4.88. The summed E-state index contributed by atoms with van der Waals surface area (Å²) in [6, 6.07) is 1.90. The number of hydrogen-bond donors (Lipinski definition) is 2. The Bertz CT molecular complexity index is 661. The number of rotatable bonds is 3. The van der Waals surface area contributed by atoms with E-state index in [2.05, 4.69) is 10.9 Å².